The number of carboxylic acid groups (broad SMARTS) is 1. The van der Waals surface area contributed by atoms with Crippen LogP contribution in [0.4, 0.5) is 0 Å². The Bertz CT molecular complexity index is 704. The normalized spacial score (nSPS) is 10.8. The van der Waals surface area contributed by atoms with Crippen LogP contribution in [0.3, 0.4) is 0 Å². The van der Waals surface area contributed by atoms with Crippen LogP contribution in [-0.4, -0.2) is 24.8 Å². The molecule has 138 valence electrons. The Hall–Kier alpha value is -2.75. The van der Waals surface area contributed by atoms with Gasteiger partial charge in [0.15, 0.2) is 0 Å². The zero-order valence-corrected chi connectivity index (χ0v) is 15.2. The van der Waals surface area contributed by atoms with Gasteiger partial charge < -0.3 is 14.6 Å². The summed E-state index contributed by atoms with van der Waals surface area (Å²) < 4.78 is 11.0. The SMILES string of the molecule is COc1ccc(C=CCCCCOc2ccccc2CCC(=O)O)cc1. The van der Waals surface area contributed by atoms with Gasteiger partial charge in [-0.1, -0.05) is 42.5 Å². The average Bonchev–Trinajstić information content (AvgIpc) is 2.66. The lowest BCUT2D eigenvalue weighted by atomic mass is 10.1. The van der Waals surface area contributed by atoms with Gasteiger partial charge >= 0.3 is 5.97 Å². The maximum Gasteiger partial charge on any atom is 0.303 e. The van der Waals surface area contributed by atoms with E-state index in [2.05, 4.69) is 12.2 Å². The third kappa shape index (κ3) is 7.01. The molecule has 0 fully saturated rings. The van der Waals surface area contributed by atoms with Crippen LogP contribution in [0.15, 0.2) is 54.6 Å². The molecular weight excluding hydrogens is 328 g/mol. The molecule has 0 saturated carbocycles. The number of allylic oxidation sites excluding steroid dienone is 1. The molecule has 0 amide bonds. The van der Waals surface area contributed by atoms with Gasteiger partial charge in [-0.15, -0.1) is 0 Å². The Morgan fingerprint density at radius 1 is 1.08 bits per heavy atom. The third-order valence-corrected chi connectivity index (χ3v) is 4.03. The van der Waals surface area contributed by atoms with Crippen molar-refractivity contribution in [3.8, 4) is 11.5 Å². The third-order valence-electron chi connectivity index (χ3n) is 4.03. The minimum atomic E-state index is -0.788. The molecule has 0 aliphatic heterocycles. The summed E-state index contributed by atoms with van der Waals surface area (Å²) in [6.45, 7) is 0.639. The highest BCUT2D eigenvalue weighted by Crippen LogP contribution is 2.20. The molecular formula is C22H26O4. The summed E-state index contributed by atoms with van der Waals surface area (Å²) in [5.74, 6) is 0.869. The van der Waals surface area contributed by atoms with E-state index >= 15 is 0 Å². The van der Waals surface area contributed by atoms with Crippen LogP contribution in [-0.2, 0) is 11.2 Å². The maximum atomic E-state index is 10.7. The molecule has 0 unspecified atom stereocenters. The zero-order chi connectivity index (χ0) is 18.6. The second kappa shape index (κ2) is 11.0. The number of para-hydroxylation sites is 1. The summed E-state index contributed by atoms with van der Waals surface area (Å²) >= 11 is 0. The molecule has 2 aromatic carbocycles. The molecule has 0 aliphatic carbocycles. The Balaban J connectivity index is 1.67. The summed E-state index contributed by atoms with van der Waals surface area (Å²) in [5, 5.41) is 8.82. The zero-order valence-electron chi connectivity index (χ0n) is 15.2. The number of ether oxygens (including phenoxy) is 2. The van der Waals surface area contributed by atoms with Crippen molar-refractivity contribution >= 4 is 12.0 Å². The number of carbonyl (C=O) groups is 1. The van der Waals surface area contributed by atoms with E-state index in [0.29, 0.717) is 13.0 Å². The highest BCUT2D eigenvalue weighted by molar-refractivity contribution is 5.67. The van der Waals surface area contributed by atoms with E-state index in [1.165, 1.54) is 0 Å². The summed E-state index contributed by atoms with van der Waals surface area (Å²) in [6.07, 6.45) is 7.90. The lowest BCUT2D eigenvalue weighted by Crippen LogP contribution is -2.02. The lowest BCUT2D eigenvalue weighted by molar-refractivity contribution is -0.136. The minimum Gasteiger partial charge on any atom is -0.497 e. The van der Waals surface area contributed by atoms with Crippen molar-refractivity contribution in [3.05, 3.63) is 65.7 Å². The highest BCUT2D eigenvalue weighted by atomic mass is 16.5. The van der Waals surface area contributed by atoms with E-state index < -0.39 is 5.97 Å². The Kier molecular flexibility index (Phi) is 8.27. The van der Waals surface area contributed by atoms with Crippen LogP contribution in [0.5, 0.6) is 11.5 Å². The van der Waals surface area contributed by atoms with Crippen LogP contribution < -0.4 is 9.47 Å². The van der Waals surface area contributed by atoms with Gasteiger partial charge in [-0.2, -0.15) is 0 Å². The average molecular weight is 354 g/mol. The number of hydrogen-bond acceptors (Lipinski definition) is 3. The summed E-state index contributed by atoms with van der Waals surface area (Å²) in [4.78, 5) is 10.7. The first-order valence-electron chi connectivity index (χ1n) is 8.92. The number of methoxy groups -OCH3 is 1. The van der Waals surface area contributed by atoms with Gasteiger partial charge in [0, 0.05) is 6.42 Å². The first kappa shape index (κ1) is 19.6. The fraction of sp³-hybridized carbons (Fsp3) is 0.318. The standard InChI is InChI=1S/C22H26O4/c1-25-20-14-11-18(12-15-20)8-4-2-3-7-17-26-21-10-6-5-9-19(21)13-16-22(23)24/h4-6,8-12,14-15H,2-3,7,13,16-17H2,1H3,(H,23,24). The Morgan fingerprint density at radius 3 is 2.58 bits per heavy atom. The van der Waals surface area contributed by atoms with Gasteiger partial charge in [0.2, 0.25) is 0 Å². The molecule has 0 bridgehead atoms. The van der Waals surface area contributed by atoms with Crippen LogP contribution >= 0.6 is 0 Å². The van der Waals surface area contributed by atoms with Gasteiger partial charge in [-0.05, 0) is 55.0 Å². The molecule has 0 aromatic heterocycles. The van der Waals surface area contributed by atoms with Gasteiger partial charge in [0.1, 0.15) is 11.5 Å². The van der Waals surface area contributed by atoms with Crippen molar-refractivity contribution in [3.63, 3.8) is 0 Å². The first-order chi connectivity index (χ1) is 12.7. The monoisotopic (exact) mass is 354 g/mol. The lowest BCUT2D eigenvalue weighted by Gasteiger charge is -2.10. The van der Waals surface area contributed by atoms with Crippen molar-refractivity contribution in [1.29, 1.82) is 0 Å². The molecule has 0 aliphatic rings. The predicted octanol–water partition coefficient (Wildman–Crippen LogP) is 4.97. The Labute approximate surface area is 155 Å². The summed E-state index contributed by atoms with van der Waals surface area (Å²) in [5.41, 5.74) is 2.11. The van der Waals surface area contributed by atoms with Crippen LogP contribution in [0.25, 0.3) is 6.08 Å². The highest BCUT2D eigenvalue weighted by Gasteiger charge is 2.05. The number of carboxylic acids is 1. The quantitative estimate of drug-likeness (QED) is 0.579. The number of rotatable bonds is 11. The van der Waals surface area contributed by atoms with Gasteiger partial charge in [0.05, 0.1) is 13.7 Å². The smallest absolute Gasteiger partial charge is 0.303 e. The molecule has 4 heteroatoms. The molecule has 4 nitrogen and oxygen atoms in total. The number of benzene rings is 2. The van der Waals surface area contributed by atoms with Gasteiger partial charge in [-0.3, -0.25) is 4.79 Å². The van der Waals surface area contributed by atoms with Crippen molar-refractivity contribution < 1.29 is 19.4 Å². The topological polar surface area (TPSA) is 55.8 Å². The van der Waals surface area contributed by atoms with Crippen LogP contribution in [0.2, 0.25) is 0 Å². The van der Waals surface area contributed by atoms with Crippen molar-refractivity contribution in [2.45, 2.75) is 32.1 Å². The van der Waals surface area contributed by atoms with Crippen molar-refractivity contribution in [2.75, 3.05) is 13.7 Å². The number of unbranched alkanes of at least 4 members (excludes halogenated alkanes) is 2. The first-order valence-corrected chi connectivity index (χ1v) is 8.92. The van der Waals surface area contributed by atoms with Gasteiger partial charge in [-0.25, -0.2) is 0 Å². The van der Waals surface area contributed by atoms with E-state index in [9.17, 15) is 4.79 Å². The fourth-order valence-electron chi connectivity index (χ4n) is 2.57. The molecule has 2 aromatic rings. The number of hydrogen-bond donors (Lipinski definition) is 1. The molecule has 2 rings (SSSR count). The van der Waals surface area contributed by atoms with Gasteiger partial charge in [0.25, 0.3) is 0 Å². The van der Waals surface area contributed by atoms with Crippen molar-refractivity contribution in [1.82, 2.24) is 0 Å². The number of aliphatic carboxylic acids is 1. The Morgan fingerprint density at radius 2 is 1.85 bits per heavy atom. The molecule has 0 spiro atoms. The molecule has 0 heterocycles. The number of aryl methyl sites for hydroxylation is 1. The second-order valence-corrected chi connectivity index (χ2v) is 6.02. The van der Waals surface area contributed by atoms with E-state index in [4.69, 9.17) is 14.6 Å². The van der Waals surface area contributed by atoms with E-state index in [1.807, 2.05) is 48.5 Å². The predicted molar refractivity (Wildman–Crippen MR) is 104 cm³/mol. The molecule has 0 atom stereocenters. The molecule has 26 heavy (non-hydrogen) atoms. The maximum absolute atomic E-state index is 10.7. The minimum absolute atomic E-state index is 0.122. The summed E-state index contributed by atoms with van der Waals surface area (Å²) in [6, 6.07) is 15.6. The molecule has 0 radical (unpaired) electrons. The molecule has 1 N–H and O–H groups in total. The van der Waals surface area contributed by atoms with E-state index in [0.717, 1.165) is 41.9 Å². The molecule has 0 saturated heterocycles. The fourth-order valence-corrected chi connectivity index (χ4v) is 2.57. The summed E-state index contributed by atoms with van der Waals surface area (Å²) in [7, 11) is 1.66. The van der Waals surface area contributed by atoms with Crippen molar-refractivity contribution in [2.24, 2.45) is 0 Å². The van der Waals surface area contributed by atoms with Crippen LogP contribution in [0, 0.1) is 0 Å². The van der Waals surface area contributed by atoms with E-state index in [1.54, 1.807) is 7.11 Å². The largest absolute Gasteiger partial charge is 0.497 e. The second-order valence-electron chi connectivity index (χ2n) is 6.02. The van der Waals surface area contributed by atoms with E-state index in [-0.39, 0.29) is 6.42 Å². The van der Waals surface area contributed by atoms with Crippen LogP contribution in [0.1, 0.15) is 36.8 Å².